The van der Waals surface area contributed by atoms with Gasteiger partial charge in [0.15, 0.2) is 0 Å². The highest BCUT2D eigenvalue weighted by Crippen LogP contribution is 2.51. The summed E-state index contributed by atoms with van der Waals surface area (Å²) in [4.78, 5) is 26.0. The molecule has 2 atom stereocenters. The minimum atomic E-state index is -0.719. The minimum Gasteiger partial charge on any atom is -0.481 e. The largest absolute Gasteiger partial charge is 0.481 e. The van der Waals surface area contributed by atoms with Crippen LogP contribution in [0.2, 0.25) is 0 Å². The van der Waals surface area contributed by atoms with Crippen molar-refractivity contribution in [2.75, 3.05) is 13.7 Å². The number of rotatable bonds is 7. The van der Waals surface area contributed by atoms with Crippen LogP contribution in [0, 0.1) is 17.3 Å². The number of carbonyl (C=O) groups is 2. The Bertz CT molecular complexity index is 452. The second-order valence-electron chi connectivity index (χ2n) is 7.47. The summed E-state index contributed by atoms with van der Waals surface area (Å²) in [6.07, 6.45) is 5.85. The first-order valence-corrected chi connectivity index (χ1v) is 9.52. The fourth-order valence-electron chi connectivity index (χ4n) is 4.91. The number of nitrogens with zero attached hydrogens (tertiary/aromatic N) is 1. The maximum Gasteiger partial charge on any atom is 0.306 e. The lowest BCUT2D eigenvalue weighted by molar-refractivity contribution is -0.180. The summed E-state index contributed by atoms with van der Waals surface area (Å²) in [6.45, 7) is 7.13. The molecular weight excluding hydrogens is 306 g/mol. The smallest absolute Gasteiger partial charge is 0.306 e. The van der Waals surface area contributed by atoms with Crippen molar-refractivity contribution in [3.05, 3.63) is 0 Å². The molecule has 2 rings (SSSR count). The van der Waals surface area contributed by atoms with Crippen molar-refractivity contribution >= 4 is 11.9 Å². The molecule has 5 heteroatoms. The van der Waals surface area contributed by atoms with Crippen LogP contribution in [-0.4, -0.2) is 47.7 Å². The third-order valence-corrected chi connectivity index (χ3v) is 6.67. The molecular formula is C19H33NO4. The predicted octanol–water partition coefficient (Wildman–Crippen LogP) is 3.32. The van der Waals surface area contributed by atoms with Crippen molar-refractivity contribution in [1.29, 1.82) is 0 Å². The predicted molar refractivity (Wildman–Crippen MR) is 92.7 cm³/mol. The molecule has 0 saturated heterocycles. The molecule has 138 valence electrons. The zero-order valence-corrected chi connectivity index (χ0v) is 15.6. The highest BCUT2D eigenvalue weighted by Gasteiger charge is 2.56. The number of hydrogen-bond acceptors (Lipinski definition) is 3. The van der Waals surface area contributed by atoms with Gasteiger partial charge in [-0.25, -0.2) is 0 Å². The monoisotopic (exact) mass is 339 g/mol. The summed E-state index contributed by atoms with van der Waals surface area (Å²) in [6, 6.07) is 0.244. The van der Waals surface area contributed by atoms with E-state index in [-0.39, 0.29) is 35.3 Å². The Morgan fingerprint density at radius 2 is 1.62 bits per heavy atom. The molecule has 5 nitrogen and oxygen atoms in total. The molecule has 0 spiro atoms. The highest BCUT2D eigenvalue weighted by molar-refractivity contribution is 5.80. The Morgan fingerprint density at radius 1 is 1.08 bits per heavy atom. The van der Waals surface area contributed by atoms with Crippen LogP contribution >= 0.6 is 0 Å². The lowest BCUT2D eigenvalue weighted by Crippen LogP contribution is -2.65. The second-order valence-corrected chi connectivity index (χ2v) is 7.47. The average Bonchev–Trinajstić information content (AvgIpc) is 2.58. The van der Waals surface area contributed by atoms with Crippen LogP contribution in [0.5, 0.6) is 0 Å². The van der Waals surface area contributed by atoms with Gasteiger partial charge in [-0.3, -0.25) is 9.59 Å². The van der Waals surface area contributed by atoms with Gasteiger partial charge in [0, 0.05) is 31.0 Å². The van der Waals surface area contributed by atoms with Gasteiger partial charge in [-0.05, 0) is 51.9 Å². The molecule has 0 radical (unpaired) electrons. The number of aliphatic carboxylic acids is 1. The molecule has 2 aliphatic rings. The zero-order valence-electron chi connectivity index (χ0n) is 15.6. The Morgan fingerprint density at radius 3 is 2.08 bits per heavy atom. The number of carboxylic acid groups (broad SMARTS) is 1. The van der Waals surface area contributed by atoms with E-state index in [2.05, 4.69) is 13.8 Å². The van der Waals surface area contributed by atoms with Crippen molar-refractivity contribution in [2.45, 2.75) is 77.9 Å². The molecule has 0 aromatic heterocycles. The summed E-state index contributed by atoms with van der Waals surface area (Å²) in [5.74, 6) is -0.798. The van der Waals surface area contributed by atoms with Crippen molar-refractivity contribution in [3.8, 4) is 0 Å². The fourth-order valence-corrected chi connectivity index (χ4v) is 4.91. The van der Waals surface area contributed by atoms with E-state index >= 15 is 0 Å². The van der Waals surface area contributed by atoms with Gasteiger partial charge in [0.05, 0.1) is 12.0 Å². The van der Waals surface area contributed by atoms with Gasteiger partial charge in [-0.2, -0.15) is 0 Å². The number of carboxylic acids is 1. The van der Waals surface area contributed by atoms with Gasteiger partial charge < -0.3 is 14.7 Å². The van der Waals surface area contributed by atoms with Crippen LogP contribution < -0.4 is 0 Å². The van der Waals surface area contributed by atoms with Crippen LogP contribution in [0.1, 0.15) is 65.7 Å². The van der Waals surface area contributed by atoms with Gasteiger partial charge in [0.25, 0.3) is 0 Å². The second kappa shape index (κ2) is 7.85. The highest BCUT2D eigenvalue weighted by atomic mass is 16.5. The molecule has 0 aliphatic heterocycles. The van der Waals surface area contributed by atoms with E-state index in [0.717, 1.165) is 25.9 Å². The van der Waals surface area contributed by atoms with Crippen LogP contribution in [0.3, 0.4) is 0 Å². The van der Waals surface area contributed by atoms with E-state index in [9.17, 15) is 9.59 Å². The lowest BCUT2D eigenvalue weighted by Gasteiger charge is -2.58. The van der Waals surface area contributed by atoms with E-state index in [0.29, 0.717) is 25.7 Å². The molecule has 0 aromatic carbocycles. The first-order valence-electron chi connectivity index (χ1n) is 9.52. The van der Waals surface area contributed by atoms with E-state index in [4.69, 9.17) is 9.84 Å². The normalized spacial score (nSPS) is 32.0. The van der Waals surface area contributed by atoms with Crippen LogP contribution in [0.4, 0.5) is 0 Å². The molecule has 24 heavy (non-hydrogen) atoms. The Labute approximate surface area is 145 Å². The van der Waals surface area contributed by atoms with Gasteiger partial charge in [0.2, 0.25) is 5.91 Å². The molecule has 1 amide bonds. The summed E-state index contributed by atoms with van der Waals surface area (Å²) < 4.78 is 5.92. The molecule has 0 heterocycles. The van der Waals surface area contributed by atoms with Crippen molar-refractivity contribution in [1.82, 2.24) is 4.90 Å². The Hall–Kier alpha value is -1.10. The first kappa shape index (κ1) is 19.2. The van der Waals surface area contributed by atoms with Crippen molar-refractivity contribution in [2.24, 2.45) is 17.3 Å². The number of hydrogen-bond donors (Lipinski definition) is 1. The number of ether oxygens (including phenoxy) is 1. The molecule has 2 aliphatic carbocycles. The van der Waals surface area contributed by atoms with Crippen LogP contribution in [0.25, 0.3) is 0 Å². The molecule has 2 saturated carbocycles. The van der Waals surface area contributed by atoms with Crippen molar-refractivity contribution < 1.29 is 19.4 Å². The topological polar surface area (TPSA) is 66.8 Å². The molecule has 0 aromatic rings. The third kappa shape index (κ3) is 3.32. The summed E-state index contributed by atoms with van der Waals surface area (Å²) in [5, 5.41) is 9.11. The number of carbonyl (C=O) groups excluding carboxylic acids is 1. The molecule has 1 N–H and O–H groups in total. The minimum absolute atomic E-state index is 0.0110. The maximum atomic E-state index is 12.9. The summed E-state index contributed by atoms with van der Waals surface area (Å²) >= 11 is 0. The van der Waals surface area contributed by atoms with Gasteiger partial charge in [-0.1, -0.05) is 13.8 Å². The SMILES string of the molecule is CCOC1CC(N(C)C(=O)C2CCC(C(=O)O)CC2)C1(CC)CC. The fraction of sp³-hybridized carbons (Fsp3) is 0.895. The standard InChI is InChI=1S/C19H33NO4/c1-5-19(6-2)15(12-16(19)24-7-3)20(4)17(21)13-8-10-14(11-9-13)18(22)23/h13-16H,5-12H2,1-4H3,(H,22,23). The lowest BCUT2D eigenvalue weighted by atomic mass is 9.58. The van der Waals surface area contributed by atoms with Gasteiger partial charge >= 0.3 is 5.97 Å². The number of amides is 1. The van der Waals surface area contributed by atoms with Crippen LogP contribution in [0.15, 0.2) is 0 Å². The van der Waals surface area contributed by atoms with E-state index < -0.39 is 5.97 Å². The molecule has 0 bridgehead atoms. The average molecular weight is 339 g/mol. The maximum absolute atomic E-state index is 12.9. The third-order valence-electron chi connectivity index (χ3n) is 6.67. The van der Waals surface area contributed by atoms with E-state index in [1.54, 1.807) is 0 Å². The summed E-state index contributed by atoms with van der Waals surface area (Å²) in [7, 11) is 1.93. The van der Waals surface area contributed by atoms with Gasteiger partial charge in [-0.15, -0.1) is 0 Å². The van der Waals surface area contributed by atoms with Crippen molar-refractivity contribution in [3.63, 3.8) is 0 Å². The van der Waals surface area contributed by atoms with E-state index in [1.165, 1.54) is 0 Å². The quantitative estimate of drug-likeness (QED) is 0.772. The van der Waals surface area contributed by atoms with Crippen LogP contribution in [-0.2, 0) is 14.3 Å². The zero-order chi connectivity index (χ0) is 17.9. The molecule has 2 unspecified atom stereocenters. The Balaban J connectivity index is 1.99. The Kier molecular flexibility index (Phi) is 6.29. The van der Waals surface area contributed by atoms with Gasteiger partial charge in [0.1, 0.15) is 0 Å². The summed E-state index contributed by atoms with van der Waals surface area (Å²) in [5.41, 5.74) is 0.0681. The van der Waals surface area contributed by atoms with E-state index in [1.807, 2.05) is 18.9 Å². The first-order chi connectivity index (χ1) is 11.4. The molecule has 2 fully saturated rings.